The smallest absolute Gasteiger partial charge is 0.419 e. The van der Waals surface area contributed by atoms with Crippen LogP contribution in [0.15, 0.2) is 89.0 Å². The number of amides is 1. The highest BCUT2D eigenvalue weighted by Gasteiger charge is 2.25. The van der Waals surface area contributed by atoms with Crippen molar-refractivity contribution >= 4 is 18.1 Å². The molecule has 1 aromatic heterocycles. The molecule has 0 radical (unpaired) electrons. The zero-order valence-corrected chi connectivity index (χ0v) is 17.6. The van der Waals surface area contributed by atoms with Crippen molar-refractivity contribution in [2.45, 2.75) is 19.8 Å². The largest absolute Gasteiger partial charge is 0.441 e. The predicted molar refractivity (Wildman–Crippen MR) is 121 cm³/mol. The van der Waals surface area contributed by atoms with Gasteiger partial charge in [-0.25, -0.2) is 14.6 Å². The second kappa shape index (κ2) is 9.75. The summed E-state index contributed by atoms with van der Waals surface area (Å²) in [5, 5.41) is 2.32. The number of aromatic nitrogens is 1. The SMILES string of the molecule is Cc1oc(-c2ccccc2)nc1CCc1ccc(C=CC=CC=C2NC(=O)OC2=O)cc1. The second-order valence-electron chi connectivity index (χ2n) is 7.26. The standard InChI is InChI=1S/C26H22N2O4/c1-18-22(27-24(31-18)21-9-5-3-6-10-21)17-16-20-14-12-19(13-15-20)8-4-2-7-11-23-25(29)32-26(30)28-23/h2-15H,16-17H2,1H3,(H,28,30). The van der Waals surface area contributed by atoms with E-state index in [1.807, 2.05) is 49.4 Å². The second-order valence-corrected chi connectivity index (χ2v) is 7.26. The molecule has 2 heterocycles. The van der Waals surface area contributed by atoms with Crippen molar-refractivity contribution in [1.29, 1.82) is 0 Å². The Bertz CT molecular complexity index is 1200. The number of oxazole rings is 1. The first kappa shape index (κ1) is 21.1. The molecule has 0 saturated carbocycles. The number of nitrogens with one attached hydrogen (secondary N) is 1. The zero-order chi connectivity index (χ0) is 22.3. The van der Waals surface area contributed by atoms with Gasteiger partial charge in [0.15, 0.2) is 0 Å². The summed E-state index contributed by atoms with van der Waals surface area (Å²) in [7, 11) is 0. The lowest BCUT2D eigenvalue weighted by Gasteiger charge is -2.01. The number of carbonyl (C=O) groups is 2. The van der Waals surface area contributed by atoms with Gasteiger partial charge in [0, 0.05) is 5.56 Å². The Kier molecular flexibility index (Phi) is 6.41. The quantitative estimate of drug-likeness (QED) is 0.244. The number of hydrogen-bond acceptors (Lipinski definition) is 5. The van der Waals surface area contributed by atoms with E-state index in [0.717, 1.165) is 35.4 Å². The molecule has 6 heteroatoms. The molecule has 3 aromatic rings. The van der Waals surface area contributed by atoms with Gasteiger partial charge in [-0.15, -0.1) is 0 Å². The number of carbonyl (C=O) groups excluding carboxylic acids is 2. The number of esters is 1. The molecule has 0 aliphatic carbocycles. The Morgan fingerprint density at radius 1 is 0.938 bits per heavy atom. The van der Waals surface area contributed by atoms with Crippen molar-refractivity contribution < 1.29 is 18.7 Å². The number of benzene rings is 2. The molecule has 1 fully saturated rings. The number of rotatable bonds is 7. The number of ether oxygens (including phenoxy) is 1. The molecule has 0 spiro atoms. The van der Waals surface area contributed by atoms with Crippen molar-refractivity contribution in [2.24, 2.45) is 0 Å². The number of nitrogens with zero attached hydrogens (tertiary/aromatic N) is 1. The van der Waals surface area contributed by atoms with E-state index in [-0.39, 0.29) is 5.70 Å². The Hall–Kier alpha value is -4.19. The topological polar surface area (TPSA) is 81.4 Å². The first-order chi connectivity index (χ1) is 15.6. The first-order valence-corrected chi connectivity index (χ1v) is 10.3. The van der Waals surface area contributed by atoms with Crippen LogP contribution in [-0.4, -0.2) is 17.0 Å². The zero-order valence-electron chi connectivity index (χ0n) is 17.6. The van der Waals surface area contributed by atoms with Crippen LogP contribution in [0.5, 0.6) is 0 Å². The molecule has 4 rings (SSSR count). The number of hydrogen-bond donors (Lipinski definition) is 1. The minimum Gasteiger partial charge on any atom is -0.441 e. The maximum Gasteiger partial charge on any atom is 0.419 e. The van der Waals surface area contributed by atoms with Crippen LogP contribution in [0.4, 0.5) is 4.79 Å². The molecule has 32 heavy (non-hydrogen) atoms. The van der Waals surface area contributed by atoms with Crippen LogP contribution >= 0.6 is 0 Å². The third-order valence-electron chi connectivity index (χ3n) is 4.96. The third kappa shape index (κ3) is 5.29. The first-order valence-electron chi connectivity index (χ1n) is 10.3. The summed E-state index contributed by atoms with van der Waals surface area (Å²) in [5.41, 5.74) is 4.37. The monoisotopic (exact) mass is 426 g/mol. The molecule has 160 valence electrons. The van der Waals surface area contributed by atoms with Gasteiger partial charge in [0.1, 0.15) is 11.5 Å². The summed E-state index contributed by atoms with van der Waals surface area (Å²) in [6.07, 6.45) is 9.69. The molecule has 2 aromatic carbocycles. The van der Waals surface area contributed by atoms with Gasteiger partial charge in [-0.05, 0) is 49.1 Å². The van der Waals surface area contributed by atoms with Crippen LogP contribution in [0, 0.1) is 6.92 Å². The van der Waals surface area contributed by atoms with Crippen molar-refractivity contribution in [2.75, 3.05) is 0 Å². The van der Waals surface area contributed by atoms with E-state index in [1.54, 1.807) is 12.2 Å². The molecular weight excluding hydrogens is 404 g/mol. The molecule has 6 nitrogen and oxygen atoms in total. The number of allylic oxidation sites excluding steroid dienone is 4. The fourth-order valence-corrected chi connectivity index (χ4v) is 3.24. The van der Waals surface area contributed by atoms with Gasteiger partial charge in [0.05, 0.1) is 5.69 Å². The van der Waals surface area contributed by atoms with Crippen LogP contribution in [0.3, 0.4) is 0 Å². The van der Waals surface area contributed by atoms with E-state index in [4.69, 9.17) is 4.42 Å². The van der Waals surface area contributed by atoms with E-state index in [9.17, 15) is 9.59 Å². The summed E-state index contributed by atoms with van der Waals surface area (Å²) in [6, 6.07) is 18.2. The van der Waals surface area contributed by atoms with Gasteiger partial charge >= 0.3 is 12.1 Å². The summed E-state index contributed by atoms with van der Waals surface area (Å²) in [6.45, 7) is 1.95. The van der Waals surface area contributed by atoms with Gasteiger partial charge in [0.25, 0.3) is 0 Å². The lowest BCUT2D eigenvalue weighted by Crippen LogP contribution is -2.11. The van der Waals surface area contributed by atoms with Crippen LogP contribution in [0.1, 0.15) is 22.6 Å². The van der Waals surface area contributed by atoms with Crippen molar-refractivity contribution in [3.05, 3.63) is 107 Å². The predicted octanol–water partition coefficient (Wildman–Crippen LogP) is 5.15. The summed E-state index contributed by atoms with van der Waals surface area (Å²) in [5.74, 6) is 0.849. The summed E-state index contributed by atoms with van der Waals surface area (Å²) < 4.78 is 10.2. The van der Waals surface area contributed by atoms with Crippen LogP contribution in [0.2, 0.25) is 0 Å². The fraction of sp³-hybridized carbons (Fsp3) is 0.115. The molecule has 1 amide bonds. The molecule has 1 aliphatic rings. The summed E-state index contributed by atoms with van der Waals surface area (Å²) >= 11 is 0. The molecule has 0 bridgehead atoms. The highest BCUT2D eigenvalue weighted by atomic mass is 16.6. The minimum absolute atomic E-state index is 0.127. The van der Waals surface area contributed by atoms with Gasteiger partial charge in [-0.3, -0.25) is 5.32 Å². The van der Waals surface area contributed by atoms with Gasteiger partial charge in [-0.1, -0.05) is 66.8 Å². The Labute approximate surface area is 185 Å². The average Bonchev–Trinajstić information content (AvgIpc) is 3.34. The van der Waals surface area contributed by atoms with E-state index in [2.05, 4.69) is 39.3 Å². The van der Waals surface area contributed by atoms with Crippen LogP contribution < -0.4 is 5.32 Å². The van der Waals surface area contributed by atoms with Crippen LogP contribution in [-0.2, 0) is 22.4 Å². The van der Waals surface area contributed by atoms with E-state index in [1.165, 1.54) is 11.6 Å². The molecule has 1 N–H and O–H groups in total. The maximum absolute atomic E-state index is 11.3. The number of alkyl carbamates (subject to hydrolysis) is 1. The van der Waals surface area contributed by atoms with Crippen molar-refractivity contribution in [3.63, 3.8) is 0 Å². The molecule has 1 saturated heterocycles. The fourth-order valence-electron chi connectivity index (χ4n) is 3.24. The Morgan fingerprint density at radius 3 is 2.44 bits per heavy atom. The highest BCUT2D eigenvalue weighted by molar-refractivity contribution is 6.04. The highest BCUT2D eigenvalue weighted by Crippen LogP contribution is 2.22. The van der Waals surface area contributed by atoms with E-state index < -0.39 is 12.1 Å². The van der Waals surface area contributed by atoms with E-state index >= 15 is 0 Å². The van der Waals surface area contributed by atoms with Gasteiger partial charge < -0.3 is 9.15 Å². The average molecular weight is 426 g/mol. The van der Waals surface area contributed by atoms with Crippen molar-refractivity contribution in [3.8, 4) is 11.5 Å². The Morgan fingerprint density at radius 2 is 1.72 bits per heavy atom. The minimum atomic E-state index is -0.749. The normalized spacial score (nSPS) is 15.1. The maximum atomic E-state index is 11.3. The van der Waals surface area contributed by atoms with Gasteiger partial charge in [0.2, 0.25) is 5.89 Å². The lowest BCUT2D eigenvalue weighted by atomic mass is 10.1. The number of cyclic esters (lactones) is 2. The molecule has 0 unspecified atom stereocenters. The summed E-state index contributed by atoms with van der Waals surface area (Å²) in [4.78, 5) is 26.9. The molecule has 1 aliphatic heterocycles. The lowest BCUT2D eigenvalue weighted by molar-refractivity contribution is -0.130. The van der Waals surface area contributed by atoms with Crippen LogP contribution in [0.25, 0.3) is 17.5 Å². The molecule has 0 atom stereocenters. The molecular formula is C26H22N2O4. The van der Waals surface area contributed by atoms with E-state index in [0.29, 0.717) is 5.89 Å². The van der Waals surface area contributed by atoms with Gasteiger partial charge in [-0.2, -0.15) is 0 Å². The van der Waals surface area contributed by atoms with Crippen molar-refractivity contribution in [1.82, 2.24) is 10.3 Å². The number of aryl methyl sites for hydroxylation is 3. The third-order valence-corrected chi connectivity index (χ3v) is 4.96. The Balaban J connectivity index is 1.31.